The van der Waals surface area contributed by atoms with E-state index in [0.29, 0.717) is 17.1 Å². The standard InChI is InChI=1S/C29H33F3N3P/c1-3-15-33-27-18-22(36)13-14-23(27)19(2)34-21-16-26(20-9-5-4-6-10-20)35-28(17-21)24-11-7-8-12-25(24)29(30,31)32/h7-8,11-14,16-18,20,33H,2-6,9-10,15,36H2,1H3,(H,34,35). The Bertz CT molecular complexity index is 1220. The minimum Gasteiger partial charge on any atom is -0.384 e. The number of hydrogen-bond acceptors (Lipinski definition) is 3. The Labute approximate surface area is 213 Å². The van der Waals surface area contributed by atoms with Crippen molar-refractivity contribution in [1.82, 2.24) is 4.98 Å². The summed E-state index contributed by atoms with van der Waals surface area (Å²) in [5, 5.41) is 7.88. The Hall–Kier alpha value is -2.85. The normalized spacial score (nSPS) is 14.5. The van der Waals surface area contributed by atoms with Crippen molar-refractivity contribution < 1.29 is 13.2 Å². The molecule has 0 saturated heterocycles. The fourth-order valence-corrected chi connectivity index (χ4v) is 5.06. The third kappa shape index (κ3) is 6.28. The summed E-state index contributed by atoms with van der Waals surface area (Å²) in [4.78, 5) is 4.77. The van der Waals surface area contributed by atoms with E-state index in [0.717, 1.165) is 67.0 Å². The molecule has 1 saturated carbocycles. The number of benzene rings is 2. The highest BCUT2D eigenvalue weighted by Gasteiger charge is 2.34. The molecule has 0 bridgehead atoms. The maximum Gasteiger partial charge on any atom is 0.417 e. The topological polar surface area (TPSA) is 37.0 Å². The SMILES string of the molecule is C=C(Nc1cc(-c2ccccc2C(F)(F)F)nc(C2CCCCC2)c1)c1ccc(P)cc1NCCC. The summed E-state index contributed by atoms with van der Waals surface area (Å²) in [7, 11) is 2.70. The van der Waals surface area contributed by atoms with Crippen LogP contribution in [0, 0.1) is 0 Å². The Morgan fingerprint density at radius 3 is 2.53 bits per heavy atom. The van der Waals surface area contributed by atoms with Gasteiger partial charge in [0.1, 0.15) is 0 Å². The average Bonchev–Trinajstić information content (AvgIpc) is 2.87. The maximum atomic E-state index is 13.8. The first-order valence-corrected chi connectivity index (χ1v) is 13.1. The lowest BCUT2D eigenvalue weighted by Crippen LogP contribution is -2.11. The zero-order valence-corrected chi connectivity index (χ0v) is 21.7. The first-order valence-electron chi connectivity index (χ1n) is 12.5. The van der Waals surface area contributed by atoms with E-state index in [1.807, 2.05) is 24.3 Å². The van der Waals surface area contributed by atoms with Crippen LogP contribution in [0.1, 0.15) is 68.2 Å². The molecular weight excluding hydrogens is 478 g/mol. The van der Waals surface area contributed by atoms with E-state index in [9.17, 15) is 13.2 Å². The largest absolute Gasteiger partial charge is 0.417 e. The van der Waals surface area contributed by atoms with Gasteiger partial charge in [-0.1, -0.05) is 63.1 Å². The number of nitrogens with zero attached hydrogens (tertiary/aromatic N) is 1. The molecule has 36 heavy (non-hydrogen) atoms. The van der Waals surface area contributed by atoms with E-state index in [2.05, 4.69) is 33.4 Å². The van der Waals surface area contributed by atoms with Gasteiger partial charge in [0.05, 0.1) is 11.3 Å². The molecule has 2 aromatic carbocycles. The molecule has 4 rings (SSSR count). The summed E-state index contributed by atoms with van der Waals surface area (Å²) in [6.07, 6.45) is 1.93. The maximum absolute atomic E-state index is 13.8. The lowest BCUT2D eigenvalue weighted by Gasteiger charge is -2.23. The molecular formula is C29H33F3N3P. The van der Waals surface area contributed by atoms with E-state index < -0.39 is 11.7 Å². The van der Waals surface area contributed by atoms with Crippen LogP contribution in [0.15, 0.2) is 61.2 Å². The number of rotatable bonds is 8. The molecule has 1 aliphatic rings. The molecule has 7 heteroatoms. The van der Waals surface area contributed by atoms with Crippen LogP contribution in [0.5, 0.6) is 0 Å². The van der Waals surface area contributed by atoms with Gasteiger partial charge < -0.3 is 10.6 Å². The van der Waals surface area contributed by atoms with Crippen molar-refractivity contribution in [2.75, 3.05) is 17.2 Å². The molecule has 0 amide bonds. The molecule has 3 nitrogen and oxygen atoms in total. The number of anilines is 2. The number of halogens is 3. The van der Waals surface area contributed by atoms with Gasteiger partial charge in [-0.3, -0.25) is 4.98 Å². The molecule has 3 aromatic rings. The van der Waals surface area contributed by atoms with Crippen LogP contribution in [0.3, 0.4) is 0 Å². The Morgan fingerprint density at radius 1 is 1.06 bits per heavy atom. The lowest BCUT2D eigenvalue weighted by atomic mass is 9.86. The zero-order valence-electron chi connectivity index (χ0n) is 20.6. The highest BCUT2D eigenvalue weighted by atomic mass is 31.0. The summed E-state index contributed by atoms with van der Waals surface area (Å²) in [5.74, 6) is 0.240. The van der Waals surface area contributed by atoms with Gasteiger partial charge in [0.15, 0.2) is 0 Å². The van der Waals surface area contributed by atoms with Crippen LogP contribution in [0.25, 0.3) is 17.0 Å². The number of aromatic nitrogens is 1. The van der Waals surface area contributed by atoms with Crippen molar-refractivity contribution in [2.45, 2.75) is 57.5 Å². The van der Waals surface area contributed by atoms with Gasteiger partial charge in [-0.15, -0.1) is 9.24 Å². The van der Waals surface area contributed by atoms with Gasteiger partial charge in [-0.25, -0.2) is 0 Å². The number of hydrogen-bond donors (Lipinski definition) is 2. The summed E-state index contributed by atoms with van der Waals surface area (Å²) in [6.45, 7) is 7.19. The predicted molar refractivity (Wildman–Crippen MR) is 148 cm³/mol. The van der Waals surface area contributed by atoms with E-state index in [1.165, 1.54) is 18.6 Å². The summed E-state index contributed by atoms with van der Waals surface area (Å²) < 4.78 is 41.5. The lowest BCUT2D eigenvalue weighted by molar-refractivity contribution is -0.137. The van der Waals surface area contributed by atoms with E-state index in [4.69, 9.17) is 4.98 Å². The van der Waals surface area contributed by atoms with Crippen LogP contribution in [0.4, 0.5) is 24.5 Å². The molecule has 1 aliphatic carbocycles. The van der Waals surface area contributed by atoms with E-state index >= 15 is 0 Å². The van der Waals surface area contributed by atoms with Crippen molar-refractivity contribution in [3.05, 3.63) is 78.0 Å². The summed E-state index contributed by atoms with van der Waals surface area (Å²) in [5.41, 5.74) is 3.83. The number of pyridine rings is 1. The zero-order chi connectivity index (χ0) is 25.7. The molecule has 2 N–H and O–H groups in total. The van der Waals surface area contributed by atoms with Crippen molar-refractivity contribution in [1.29, 1.82) is 0 Å². The highest BCUT2D eigenvalue weighted by molar-refractivity contribution is 7.27. The van der Waals surface area contributed by atoms with Crippen molar-refractivity contribution in [3.63, 3.8) is 0 Å². The first-order chi connectivity index (χ1) is 17.3. The van der Waals surface area contributed by atoms with Crippen molar-refractivity contribution >= 4 is 31.6 Å². The monoisotopic (exact) mass is 511 g/mol. The highest BCUT2D eigenvalue weighted by Crippen LogP contribution is 2.39. The Kier molecular flexibility index (Phi) is 8.35. The van der Waals surface area contributed by atoms with Gasteiger partial charge in [-0.05, 0) is 48.8 Å². The van der Waals surface area contributed by atoms with Crippen LogP contribution in [-0.2, 0) is 6.18 Å². The third-order valence-electron chi connectivity index (χ3n) is 6.61. The molecule has 1 unspecified atom stereocenters. The van der Waals surface area contributed by atoms with E-state index in [-0.39, 0.29) is 11.5 Å². The first kappa shape index (κ1) is 26.2. The molecule has 1 heterocycles. The minimum absolute atomic E-state index is 0.0917. The molecule has 190 valence electrons. The fourth-order valence-electron chi connectivity index (χ4n) is 4.80. The molecule has 1 atom stereocenters. The molecule has 0 spiro atoms. The van der Waals surface area contributed by atoms with Crippen LogP contribution < -0.4 is 15.9 Å². The molecule has 0 aliphatic heterocycles. The van der Waals surface area contributed by atoms with Gasteiger partial charge in [-0.2, -0.15) is 13.2 Å². The second-order valence-corrected chi connectivity index (χ2v) is 10.0. The van der Waals surface area contributed by atoms with Gasteiger partial charge in [0.25, 0.3) is 0 Å². The van der Waals surface area contributed by atoms with Crippen LogP contribution in [0.2, 0.25) is 0 Å². The van der Waals surface area contributed by atoms with Crippen molar-refractivity contribution in [2.24, 2.45) is 0 Å². The number of nitrogens with one attached hydrogen (secondary N) is 2. The Morgan fingerprint density at radius 2 is 1.81 bits per heavy atom. The summed E-state index contributed by atoms with van der Waals surface area (Å²) in [6, 6.07) is 15.4. The van der Waals surface area contributed by atoms with Crippen molar-refractivity contribution in [3.8, 4) is 11.3 Å². The number of alkyl halides is 3. The quantitative estimate of drug-likeness (QED) is 0.299. The second-order valence-electron chi connectivity index (χ2n) is 9.38. The van der Waals surface area contributed by atoms with E-state index in [1.54, 1.807) is 12.1 Å². The van der Waals surface area contributed by atoms with Gasteiger partial charge in [0, 0.05) is 46.4 Å². The smallest absolute Gasteiger partial charge is 0.384 e. The third-order valence-corrected chi connectivity index (χ3v) is 6.97. The predicted octanol–water partition coefficient (Wildman–Crippen LogP) is 8.22. The second kappa shape index (κ2) is 11.5. The van der Waals surface area contributed by atoms with Gasteiger partial charge in [0.2, 0.25) is 0 Å². The minimum atomic E-state index is -4.46. The Balaban J connectivity index is 1.74. The van der Waals surface area contributed by atoms with Crippen LogP contribution >= 0.6 is 9.24 Å². The average molecular weight is 512 g/mol. The van der Waals surface area contributed by atoms with Gasteiger partial charge >= 0.3 is 6.18 Å². The molecule has 0 radical (unpaired) electrons. The molecule has 1 aromatic heterocycles. The molecule has 1 fully saturated rings. The summed E-state index contributed by atoms with van der Waals surface area (Å²) >= 11 is 0. The fraction of sp³-hybridized carbons (Fsp3) is 0.345. The van der Waals surface area contributed by atoms with Crippen LogP contribution in [-0.4, -0.2) is 11.5 Å².